The van der Waals surface area contributed by atoms with Gasteiger partial charge in [0.15, 0.2) is 0 Å². The number of pyridine rings is 1. The van der Waals surface area contributed by atoms with E-state index < -0.39 is 0 Å². The SMILES string of the molecule is C=C(C)C1=CC(c2ccc(OC)cc2)NN1c1ccccn1. The smallest absolute Gasteiger partial charge is 0.147 e. The van der Waals surface area contributed by atoms with Crippen LogP contribution in [0.5, 0.6) is 5.75 Å². The van der Waals surface area contributed by atoms with E-state index in [4.69, 9.17) is 4.74 Å². The van der Waals surface area contributed by atoms with Crippen molar-refractivity contribution in [2.75, 3.05) is 12.1 Å². The average molecular weight is 293 g/mol. The van der Waals surface area contributed by atoms with Crippen molar-refractivity contribution in [1.29, 1.82) is 0 Å². The number of nitrogens with zero attached hydrogens (tertiary/aromatic N) is 2. The van der Waals surface area contributed by atoms with Gasteiger partial charge in [0, 0.05) is 6.20 Å². The van der Waals surface area contributed by atoms with Crippen LogP contribution < -0.4 is 15.2 Å². The van der Waals surface area contributed by atoms with Gasteiger partial charge in [-0.2, -0.15) is 0 Å². The van der Waals surface area contributed by atoms with Crippen LogP contribution in [0.1, 0.15) is 18.5 Å². The molecule has 1 unspecified atom stereocenters. The molecule has 1 N–H and O–H groups in total. The third-order valence-corrected chi connectivity index (χ3v) is 3.62. The molecule has 0 aliphatic carbocycles. The first-order valence-electron chi connectivity index (χ1n) is 7.18. The largest absolute Gasteiger partial charge is 0.497 e. The van der Waals surface area contributed by atoms with E-state index >= 15 is 0 Å². The summed E-state index contributed by atoms with van der Waals surface area (Å²) in [6, 6.07) is 14.0. The first-order chi connectivity index (χ1) is 10.7. The van der Waals surface area contributed by atoms with Gasteiger partial charge in [0.2, 0.25) is 0 Å². The molecular formula is C18H19N3O. The van der Waals surface area contributed by atoms with Gasteiger partial charge >= 0.3 is 0 Å². The highest BCUT2D eigenvalue weighted by molar-refractivity contribution is 5.54. The second kappa shape index (κ2) is 6.03. The molecule has 112 valence electrons. The van der Waals surface area contributed by atoms with Crippen LogP contribution in [0.15, 0.2) is 72.6 Å². The Kier molecular flexibility index (Phi) is 3.94. The standard InChI is InChI=1S/C18H19N3O/c1-13(2)17-12-16(14-7-9-15(22-3)10-8-14)20-21(17)18-6-4-5-11-19-18/h4-12,16,20H,1H2,2-3H3. The summed E-state index contributed by atoms with van der Waals surface area (Å²) in [4.78, 5) is 4.41. The highest BCUT2D eigenvalue weighted by Crippen LogP contribution is 2.31. The van der Waals surface area contributed by atoms with Crippen molar-refractivity contribution in [2.45, 2.75) is 13.0 Å². The lowest BCUT2D eigenvalue weighted by Gasteiger charge is -2.23. The summed E-state index contributed by atoms with van der Waals surface area (Å²) in [6.07, 6.45) is 3.95. The predicted molar refractivity (Wildman–Crippen MR) is 88.5 cm³/mol. The lowest BCUT2D eigenvalue weighted by atomic mass is 10.1. The number of hydrogen-bond acceptors (Lipinski definition) is 4. The fourth-order valence-electron chi connectivity index (χ4n) is 2.47. The minimum atomic E-state index is 0.0830. The molecule has 2 aromatic rings. The summed E-state index contributed by atoms with van der Waals surface area (Å²) in [6.45, 7) is 6.07. The number of nitrogens with one attached hydrogen (secondary N) is 1. The molecule has 0 bridgehead atoms. The Morgan fingerprint density at radius 2 is 2.00 bits per heavy atom. The number of benzene rings is 1. The van der Waals surface area contributed by atoms with Crippen molar-refractivity contribution >= 4 is 5.82 Å². The zero-order chi connectivity index (χ0) is 15.5. The second-order valence-corrected chi connectivity index (χ2v) is 5.24. The Morgan fingerprint density at radius 3 is 2.59 bits per heavy atom. The van der Waals surface area contributed by atoms with E-state index in [1.54, 1.807) is 13.3 Å². The van der Waals surface area contributed by atoms with Crippen LogP contribution in [-0.2, 0) is 0 Å². The van der Waals surface area contributed by atoms with Crippen LogP contribution in [0.2, 0.25) is 0 Å². The van der Waals surface area contributed by atoms with Gasteiger partial charge in [0.25, 0.3) is 0 Å². The number of rotatable bonds is 4. The van der Waals surface area contributed by atoms with Crippen molar-refractivity contribution in [1.82, 2.24) is 10.4 Å². The summed E-state index contributed by atoms with van der Waals surface area (Å²) < 4.78 is 5.21. The number of hydrazine groups is 1. The van der Waals surface area contributed by atoms with Gasteiger partial charge < -0.3 is 4.74 Å². The molecule has 2 heterocycles. The van der Waals surface area contributed by atoms with Gasteiger partial charge in [-0.3, -0.25) is 5.01 Å². The number of hydrogen-bond donors (Lipinski definition) is 1. The van der Waals surface area contributed by atoms with Gasteiger partial charge in [-0.25, -0.2) is 10.4 Å². The molecule has 1 atom stereocenters. The molecule has 0 fully saturated rings. The monoisotopic (exact) mass is 293 g/mol. The van der Waals surface area contributed by atoms with Gasteiger partial charge in [-0.1, -0.05) is 24.8 Å². The lowest BCUT2D eigenvalue weighted by molar-refractivity contribution is 0.414. The molecule has 4 nitrogen and oxygen atoms in total. The fourth-order valence-corrected chi connectivity index (χ4v) is 2.47. The van der Waals surface area contributed by atoms with E-state index in [2.05, 4.69) is 35.2 Å². The summed E-state index contributed by atoms with van der Waals surface area (Å²) in [5.41, 5.74) is 6.67. The van der Waals surface area contributed by atoms with Crippen molar-refractivity contribution in [3.8, 4) is 5.75 Å². The molecule has 1 aliphatic rings. The zero-order valence-electron chi connectivity index (χ0n) is 12.8. The maximum absolute atomic E-state index is 5.21. The summed E-state index contributed by atoms with van der Waals surface area (Å²) in [5, 5.41) is 1.98. The quantitative estimate of drug-likeness (QED) is 0.934. The number of methoxy groups -OCH3 is 1. The Labute approximate surface area is 130 Å². The van der Waals surface area contributed by atoms with E-state index in [-0.39, 0.29) is 6.04 Å². The molecule has 4 heteroatoms. The normalized spacial score (nSPS) is 17.3. The molecule has 1 aromatic heterocycles. The maximum Gasteiger partial charge on any atom is 0.147 e. The van der Waals surface area contributed by atoms with Crippen molar-refractivity contribution in [2.24, 2.45) is 0 Å². The zero-order valence-corrected chi connectivity index (χ0v) is 12.8. The highest BCUT2D eigenvalue weighted by Gasteiger charge is 2.26. The van der Waals surface area contributed by atoms with E-state index in [0.717, 1.165) is 28.4 Å². The third-order valence-electron chi connectivity index (χ3n) is 3.62. The molecule has 0 saturated heterocycles. The number of anilines is 1. The van der Waals surface area contributed by atoms with E-state index in [9.17, 15) is 0 Å². The minimum Gasteiger partial charge on any atom is -0.497 e. The molecule has 22 heavy (non-hydrogen) atoms. The second-order valence-electron chi connectivity index (χ2n) is 5.24. The van der Waals surface area contributed by atoms with E-state index in [1.807, 2.05) is 42.3 Å². The minimum absolute atomic E-state index is 0.0830. The molecular weight excluding hydrogens is 274 g/mol. The fraction of sp³-hybridized carbons (Fsp3) is 0.167. The van der Waals surface area contributed by atoms with E-state index in [1.165, 1.54) is 0 Å². The Morgan fingerprint density at radius 1 is 1.23 bits per heavy atom. The number of ether oxygens (including phenoxy) is 1. The first kappa shape index (κ1) is 14.4. The topological polar surface area (TPSA) is 37.4 Å². The van der Waals surface area contributed by atoms with Crippen LogP contribution >= 0.6 is 0 Å². The molecule has 0 spiro atoms. The highest BCUT2D eigenvalue weighted by atomic mass is 16.5. The third kappa shape index (κ3) is 2.73. The molecule has 3 rings (SSSR count). The summed E-state index contributed by atoms with van der Waals surface area (Å²) in [5.74, 6) is 1.71. The first-order valence-corrected chi connectivity index (χ1v) is 7.18. The van der Waals surface area contributed by atoms with E-state index in [0.29, 0.717) is 0 Å². The Bertz CT molecular complexity index is 692. The van der Waals surface area contributed by atoms with Gasteiger partial charge in [0.05, 0.1) is 18.8 Å². The van der Waals surface area contributed by atoms with Crippen LogP contribution in [0, 0.1) is 0 Å². The maximum atomic E-state index is 5.21. The molecule has 0 amide bonds. The predicted octanol–water partition coefficient (Wildman–Crippen LogP) is 3.62. The van der Waals surface area contributed by atoms with Crippen molar-refractivity contribution < 1.29 is 4.74 Å². The molecule has 1 aromatic carbocycles. The van der Waals surface area contributed by atoms with Gasteiger partial charge in [-0.15, -0.1) is 0 Å². The number of aromatic nitrogens is 1. The van der Waals surface area contributed by atoms with Crippen LogP contribution in [-0.4, -0.2) is 12.1 Å². The van der Waals surface area contributed by atoms with Crippen molar-refractivity contribution in [3.63, 3.8) is 0 Å². The summed E-state index contributed by atoms with van der Waals surface area (Å²) in [7, 11) is 1.67. The van der Waals surface area contributed by atoms with Crippen molar-refractivity contribution in [3.05, 3.63) is 78.1 Å². The Balaban J connectivity index is 1.90. The van der Waals surface area contributed by atoms with Crippen LogP contribution in [0.4, 0.5) is 5.82 Å². The number of allylic oxidation sites excluding steroid dienone is 1. The molecule has 0 saturated carbocycles. The molecule has 1 aliphatic heterocycles. The Hall–Kier alpha value is -2.59. The average Bonchev–Trinajstić information content (AvgIpc) is 3.01. The molecule has 0 radical (unpaired) electrons. The van der Waals surface area contributed by atoms with Crippen LogP contribution in [0.3, 0.4) is 0 Å². The van der Waals surface area contributed by atoms with Crippen LogP contribution in [0.25, 0.3) is 0 Å². The van der Waals surface area contributed by atoms with Gasteiger partial charge in [-0.05, 0) is 48.4 Å². The van der Waals surface area contributed by atoms with Gasteiger partial charge in [0.1, 0.15) is 11.6 Å². The lowest BCUT2D eigenvalue weighted by Crippen LogP contribution is -2.34. The summed E-state index contributed by atoms with van der Waals surface area (Å²) >= 11 is 0.